The Hall–Kier alpha value is -0.770. The van der Waals surface area contributed by atoms with Gasteiger partial charge in [-0.3, -0.25) is 0 Å². The van der Waals surface area contributed by atoms with E-state index in [0.29, 0.717) is 12.5 Å². The van der Waals surface area contributed by atoms with Crippen molar-refractivity contribution in [3.05, 3.63) is 0 Å². The molecule has 0 aromatic carbocycles. The molecule has 0 fully saturated rings. The Morgan fingerprint density at radius 3 is 2.43 bits per heavy atom. The number of nitrogens with zero attached hydrogens (tertiary/aromatic N) is 1. The number of hydrogen-bond donors (Lipinski definition) is 2. The monoisotopic (exact) mass is 202 g/mol. The fraction of sp³-hybridized carbons (Fsp3) is 0.900. The van der Waals surface area contributed by atoms with E-state index in [4.69, 9.17) is 5.11 Å². The van der Waals surface area contributed by atoms with Gasteiger partial charge in [-0.1, -0.05) is 13.8 Å². The van der Waals surface area contributed by atoms with Gasteiger partial charge in [0.1, 0.15) is 0 Å². The molecule has 14 heavy (non-hydrogen) atoms. The maximum absolute atomic E-state index is 11.4. The van der Waals surface area contributed by atoms with Crippen molar-refractivity contribution in [1.29, 1.82) is 0 Å². The highest BCUT2D eigenvalue weighted by molar-refractivity contribution is 5.74. The van der Waals surface area contributed by atoms with E-state index in [9.17, 15) is 4.79 Å². The summed E-state index contributed by atoms with van der Waals surface area (Å²) < 4.78 is 0. The molecule has 0 rings (SSSR count). The summed E-state index contributed by atoms with van der Waals surface area (Å²) in [6, 6.07) is 0.0656. The molecule has 4 nitrogen and oxygen atoms in total. The first-order chi connectivity index (χ1) is 6.47. The lowest BCUT2D eigenvalue weighted by molar-refractivity contribution is 0.186. The molecule has 0 spiro atoms. The molecule has 0 aliphatic heterocycles. The van der Waals surface area contributed by atoms with Crippen LogP contribution >= 0.6 is 0 Å². The number of hydrogen-bond acceptors (Lipinski definition) is 2. The molecule has 0 bridgehead atoms. The Kier molecular flexibility index (Phi) is 6.28. The van der Waals surface area contributed by atoms with Crippen molar-refractivity contribution in [2.45, 2.75) is 33.2 Å². The van der Waals surface area contributed by atoms with E-state index >= 15 is 0 Å². The third-order valence-electron chi connectivity index (χ3n) is 1.98. The molecular weight excluding hydrogens is 180 g/mol. The maximum atomic E-state index is 11.4. The second-order valence-electron chi connectivity index (χ2n) is 4.13. The molecule has 0 aromatic rings. The number of likely N-dealkylation sites (N-methyl/N-ethyl adjacent to an activating group) is 1. The molecule has 1 atom stereocenters. The Labute approximate surface area is 86.3 Å². The standard InChI is InChI=1S/C10H22N2O2/c1-8(2)7-9(3)11-10(14)12(4)5-6-13/h8-9,13H,5-7H2,1-4H3,(H,11,14). The summed E-state index contributed by atoms with van der Waals surface area (Å²) >= 11 is 0. The lowest BCUT2D eigenvalue weighted by Crippen LogP contribution is -2.43. The van der Waals surface area contributed by atoms with Crippen LogP contribution in [0.3, 0.4) is 0 Å². The Morgan fingerprint density at radius 1 is 1.43 bits per heavy atom. The molecule has 0 aliphatic rings. The molecule has 0 radical (unpaired) electrons. The molecule has 2 amide bonds. The van der Waals surface area contributed by atoms with Gasteiger partial charge in [-0.2, -0.15) is 0 Å². The summed E-state index contributed by atoms with van der Waals surface area (Å²) in [6.07, 6.45) is 0.971. The van der Waals surface area contributed by atoms with Crippen LogP contribution in [0.15, 0.2) is 0 Å². The largest absolute Gasteiger partial charge is 0.395 e. The first-order valence-corrected chi connectivity index (χ1v) is 5.09. The molecule has 2 N–H and O–H groups in total. The second kappa shape index (κ2) is 6.65. The quantitative estimate of drug-likeness (QED) is 0.700. The highest BCUT2D eigenvalue weighted by Crippen LogP contribution is 2.03. The van der Waals surface area contributed by atoms with Gasteiger partial charge < -0.3 is 15.3 Å². The van der Waals surface area contributed by atoms with E-state index in [0.717, 1.165) is 6.42 Å². The average molecular weight is 202 g/mol. The summed E-state index contributed by atoms with van der Waals surface area (Å²) in [7, 11) is 1.67. The van der Waals surface area contributed by atoms with Crippen LogP contribution in [0.4, 0.5) is 4.79 Å². The zero-order chi connectivity index (χ0) is 11.1. The SMILES string of the molecule is CC(C)CC(C)NC(=O)N(C)CCO. The number of aliphatic hydroxyl groups excluding tert-OH is 1. The van der Waals surface area contributed by atoms with Crippen molar-refractivity contribution in [3.8, 4) is 0 Å². The first-order valence-electron chi connectivity index (χ1n) is 5.09. The average Bonchev–Trinajstić information content (AvgIpc) is 2.02. The van der Waals surface area contributed by atoms with Crippen LogP contribution in [0.5, 0.6) is 0 Å². The van der Waals surface area contributed by atoms with Gasteiger partial charge >= 0.3 is 6.03 Å². The highest BCUT2D eigenvalue weighted by Gasteiger charge is 2.11. The summed E-state index contributed by atoms with van der Waals surface area (Å²) in [4.78, 5) is 12.9. The molecule has 4 heteroatoms. The molecule has 0 aliphatic carbocycles. The smallest absolute Gasteiger partial charge is 0.317 e. The Bertz CT molecular complexity index is 172. The minimum atomic E-state index is -0.118. The fourth-order valence-electron chi connectivity index (χ4n) is 1.34. The number of urea groups is 1. The van der Waals surface area contributed by atoms with Crippen LogP contribution in [0, 0.1) is 5.92 Å². The summed E-state index contributed by atoms with van der Waals surface area (Å²) in [6.45, 7) is 6.62. The maximum Gasteiger partial charge on any atom is 0.317 e. The number of rotatable bonds is 5. The van der Waals surface area contributed by atoms with Crippen LogP contribution in [-0.2, 0) is 0 Å². The van der Waals surface area contributed by atoms with Gasteiger partial charge in [-0.15, -0.1) is 0 Å². The van der Waals surface area contributed by atoms with Crippen molar-refractivity contribution >= 4 is 6.03 Å². The molecule has 1 unspecified atom stereocenters. The lowest BCUT2D eigenvalue weighted by atomic mass is 10.1. The number of aliphatic hydroxyl groups is 1. The first kappa shape index (κ1) is 13.2. The van der Waals surface area contributed by atoms with Crippen LogP contribution in [0.25, 0.3) is 0 Å². The summed E-state index contributed by atoms with van der Waals surface area (Å²) in [5, 5.41) is 11.5. The topological polar surface area (TPSA) is 52.6 Å². The molecule has 0 aromatic heterocycles. The van der Waals surface area contributed by atoms with Gasteiger partial charge in [0.2, 0.25) is 0 Å². The molecule has 0 saturated carbocycles. The molecule has 0 heterocycles. The van der Waals surface area contributed by atoms with Crippen LogP contribution in [0.1, 0.15) is 27.2 Å². The summed E-state index contributed by atoms with van der Waals surface area (Å²) in [5.74, 6) is 0.577. The van der Waals surface area contributed by atoms with Gasteiger partial charge in [-0.25, -0.2) is 4.79 Å². The van der Waals surface area contributed by atoms with Crippen LogP contribution < -0.4 is 5.32 Å². The third kappa shape index (κ3) is 5.80. The van der Waals surface area contributed by atoms with E-state index in [1.807, 2.05) is 6.92 Å². The third-order valence-corrected chi connectivity index (χ3v) is 1.98. The molecule has 84 valence electrons. The van der Waals surface area contributed by atoms with Crippen LogP contribution in [-0.4, -0.2) is 42.3 Å². The van der Waals surface area contributed by atoms with Crippen molar-refractivity contribution < 1.29 is 9.90 Å². The van der Waals surface area contributed by atoms with Gasteiger partial charge in [0, 0.05) is 19.6 Å². The number of carbonyl (C=O) groups is 1. The van der Waals surface area contributed by atoms with Gasteiger partial charge in [0.25, 0.3) is 0 Å². The van der Waals surface area contributed by atoms with Crippen molar-refractivity contribution in [2.24, 2.45) is 5.92 Å². The molecular formula is C10H22N2O2. The minimum absolute atomic E-state index is 0.00246. The Balaban J connectivity index is 3.80. The number of nitrogens with one attached hydrogen (secondary N) is 1. The number of amides is 2. The van der Waals surface area contributed by atoms with Gasteiger partial charge in [0.05, 0.1) is 6.61 Å². The van der Waals surface area contributed by atoms with Gasteiger partial charge in [-0.05, 0) is 19.3 Å². The van der Waals surface area contributed by atoms with E-state index < -0.39 is 0 Å². The minimum Gasteiger partial charge on any atom is -0.395 e. The number of carbonyl (C=O) groups excluding carboxylic acids is 1. The molecule has 0 saturated heterocycles. The second-order valence-corrected chi connectivity index (χ2v) is 4.13. The van der Waals surface area contributed by atoms with Crippen molar-refractivity contribution in [3.63, 3.8) is 0 Å². The predicted molar refractivity (Wildman–Crippen MR) is 57.2 cm³/mol. The van der Waals surface area contributed by atoms with E-state index in [1.165, 1.54) is 4.90 Å². The zero-order valence-corrected chi connectivity index (χ0v) is 9.58. The lowest BCUT2D eigenvalue weighted by Gasteiger charge is -2.21. The van der Waals surface area contributed by atoms with E-state index in [1.54, 1.807) is 7.05 Å². The zero-order valence-electron chi connectivity index (χ0n) is 9.58. The van der Waals surface area contributed by atoms with E-state index in [-0.39, 0.29) is 18.7 Å². The van der Waals surface area contributed by atoms with Gasteiger partial charge in [0.15, 0.2) is 0 Å². The van der Waals surface area contributed by atoms with E-state index in [2.05, 4.69) is 19.2 Å². The fourth-order valence-corrected chi connectivity index (χ4v) is 1.34. The Morgan fingerprint density at radius 2 is 2.00 bits per heavy atom. The van der Waals surface area contributed by atoms with Crippen LogP contribution in [0.2, 0.25) is 0 Å². The van der Waals surface area contributed by atoms with Crippen molar-refractivity contribution in [2.75, 3.05) is 20.2 Å². The van der Waals surface area contributed by atoms with Crippen molar-refractivity contribution in [1.82, 2.24) is 10.2 Å². The predicted octanol–water partition coefficient (Wildman–Crippen LogP) is 1.05. The highest BCUT2D eigenvalue weighted by atomic mass is 16.3. The summed E-state index contributed by atoms with van der Waals surface area (Å²) in [5.41, 5.74) is 0. The normalized spacial score (nSPS) is 12.7.